The molecule has 0 saturated carbocycles. The summed E-state index contributed by atoms with van der Waals surface area (Å²) in [5, 5.41) is 12.3. The van der Waals surface area contributed by atoms with Crippen molar-refractivity contribution in [3.63, 3.8) is 0 Å². The summed E-state index contributed by atoms with van der Waals surface area (Å²) in [6.45, 7) is 5.17. The maximum Gasteiger partial charge on any atom is 0.225 e. The fourth-order valence-corrected chi connectivity index (χ4v) is 2.80. The Kier molecular flexibility index (Phi) is 6.58. The second-order valence-electron chi connectivity index (χ2n) is 5.60. The zero-order valence-corrected chi connectivity index (χ0v) is 12.7. The zero-order valence-electron chi connectivity index (χ0n) is 12.7. The van der Waals surface area contributed by atoms with E-state index in [0.717, 1.165) is 17.5 Å². The van der Waals surface area contributed by atoms with E-state index in [1.807, 2.05) is 19.1 Å². The molecule has 4 nitrogen and oxygen atoms in total. The average molecular weight is 302 g/mol. The van der Waals surface area contributed by atoms with Gasteiger partial charge in [0, 0.05) is 26.1 Å². The van der Waals surface area contributed by atoms with Gasteiger partial charge >= 0.3 is 0 Å². The third kappa shape index (κ3) is 4.08. The van der Waals surface area contributed by atoms with E-state index >= 15 is 0 Å². The molecule has 22 heavy (non-hydrogen) atoms. The molecular weight excluding hydrogens is 276 g/mol. The minimum absolute atomic E-state index is 0. The smallest absolute Gasteiger partial charge is 0.225 e. The van der Waals surface area contributed by atoms with Gasteiger partial charge in [-0.3, -0.25) is 4.79 Å². The van der Waals surface area contributed by atoms with Crippen LogP contribution in [0.25, 0.3) is 0 Å². The van der Waals surface area contributed by atoms with Gasteiger partial charge in [0.1, 0.15) is 5.54 Å². The van der Waals surface area contributed by atoms with Crippen molar-refractivity contribution in [3.05, 3.63) is 34.9 Å². The Morgan fingerprint density at radius 1 is 1.41 bits per heavy atom. The number of amides is 1. The molecule has 120 valence electrons. The molecule has 0 bridgehead atoms. The molecule has 1 aromatic carbocycles. The largest absolute Gasteiger partial charge is 0.381 e. The Morgan fingerprint density at radius 3 is 2.68 bits per heavy atom. The maximum absolute atomic E-state index is 12.4. The Morgan fingerprint density at radius 2 is 2.09 bits per heavy atom. The summed E-state index contributed by atoms with van der Waals surface area (Å²) < 4.78 is 5.28. The third-order valence-corrected chi connectivity index (χ3v) is 4.16. The molecule has 0 spiro atoms. The van der Waals surface area contributed by atoms with Crippen molar-refractivity contribution in [3.8, 4) is 6.07 Å². The number of aryl methyl sites for hydroxylation is 2. The van der Waals surface area contributed by atoms with Gasteiger partial charge in [-0.25, -0.2) is 0 Å². The van der Waals surface area contributed by atoms with Crippen molar-refractivity contribution in [2.24, 2.45) is 0 Å². The Labute approximate surface area is 133 Å². The predicted molar refractivity (Wildman–Crippen MR) is 87.5 cm³/mol. The Bertz CT molecular complexity index is 555. The van der Waals surface area contributed by atoms with Crippen LogP contribution >= 0.6 is 0 Å². The van der Waals surface area contributed by atoms with Gasteiger partial charge in [-0.05, 0) is 30.0 Å². The van der Waals surface area contributed by atoms with Crippen molar-refractivity contribution >= 4 is 5.91 Å². The number of hydrogen-bond acceptors (Lipinski definition) is 3. The number of rotatable bonds is 4. The molecule has 1 aliphatic heterocycles. The number of nitrogens with one attached hydrogen (secondary N) is 1. The monoisotopic (exact) mass is 302 g/mol. The molecule has 0 unspecified atom stereocenters. The lowest BCUT2D eigenvalue weighted by molar-refractivity contribution is -0.122. The molecule has 4 heteroatoms. The normalized spacial score (nSPS) is 16.2. The molecule has 1 heterocycles. The number of nitrogens with zero attached hydrogens (tertiary/aromatic N) is 1. The van der Waals surface area contributed by atoms with Crippen LogP contribution in [0, 0.1) is 18.3 Å². The standard InChI is InChI=1S/C17H22N2O2.CH4/c1-3-14-6-4-5-13(2)15(14)11-16(20)19-17(12-18)7-9-21-10-8-17;/h4-6H,3,7-11H2,1-2H3,(H,19,20);1H4. The molecule has 0 aliphatic carbocycles. The van der Waals surface area contributed by atoms with Crippen molar-refractivity contribution < 1.29 is 9.53 Å². The van der Waals surface area contributed by atoms with Crippen LogP contribution in [-0.2, 0) is 22.4 Å². The van der Waals surface area contributed by atoms with Gasteiger partial charge in [0.2, 0.25) is 5.91 Å². The molecule has 2 rings (SSSR count). The van der Waals surface area contributed by atoms with Crippen LogP contribution in [0.3, 0.4) is 0 Å². The number of ether oxygens (including phenoxy) is 1. The summed E-state index contributed by atoms with van der Waals surface area (Å²) in [5.41, 5.74) is 2.65. The van der Waals surface area contributed by atoms with Crippen LogP contribution in [0.15, 0.2) is 18.2 Å². The van der Waals surface area contributed by atoms with E-state index in [1.54, 1.807) is 0 Å². The first-order chi connectivity index (χ1) is 10.1. The average Bonchev–Trinajstić information content (AvgIpc) is 2.50. The van der Waals surface area contributed by atoms with Crippen LogP contribution in [0.4, 0.5) is 0 Å². The summed E-state index contributed by atoms with van der Waals surface area (Å²) in [6, 6.07) is 8.37. The molecule has 1 saturated heterocycles. The molecule has 1 fully saturated rings. The molecule has 1 N–H and O–H groups in total. The summed E-state index contributed by atoms with van der Waals surface area (Å²) in [4.78, 5) is 12.4. The van der Waals surface area contributed by atoms with E-state index in [0.29, 0.717) is 32.5 Å². The minimum atomic E-state index is -0.760. The highest BCUT2D eigenvalue weighted by Crippen LogP contribution is 2.21. The number of hydrogen-bond donors (Lipinski definition) is 1. The maximum atomic E-state index is 12.4. The van der Waals surface area contributed by atoms with Gasteiger partial charge in [-0.1, -0.05) is 32.5 Å². The molecule has 1 aliphatic rings. The van der Waals surface area contributed by atoms with Crippen LogP contribution < -0.4 is 5.32 Å². The second-order valence-corrected chi connectivity index (χ2v) is 5.60. The number of carbonyl (C=O) groups excluding carboxylic acids is 1. The highest BCUT2D eigenvalue weighted by molar-refractivity contribution is 5.80. The molecule has 1 amide bonds. The fourth-order valence-electron chi connectivity index (χ4n) is 2.80. The highest BCUT2D eigenvalue weighted by atomic mass is 16.5. The van der Waals surface area contributed by atoms with Gasteiger partial charge in [0.25, 0.3) is 0 Å². The highest BCUT2D eigenvalue weighted by Gasteiger charge is 2.34. The van der Waals surface area contributed by atoms with Crippen LogP contribution in [0.1, 0.15) is 43.9 Å². The SMILES string of the molecule is C.CCc1cccc(C)c1CC(=O)NC1(C#N)CCOCC1. The first kappa shape index (κ1) is 18.2. The van der Waals surface area contributed by atoms with Gasteiger partial charge in [0.15, 0.2) is 0 Å². The van der Waals surface area contributed by atoms with E-state index < -0.39 is 5.54 Å². The van der Waals surface area contributed by atoms with E-state index in [9.17, 15) is 10.1 Å². The predicted octanol–water partition coefficient (Wildman–Crippen LogP) is 2.93. The summed E-state index contributed by atoms with van der Waals surface area (Å²) >= 11 is 0. The van der Waals surface area contributed by atoms with E-state index in [2.05, 4.69) is 24.4 Å². The third-order valence-electron chi connectivity index (χ3n) is 4.16. The van der Waals surface area contributed by atoms with E-state index in [4.69, 9.17) is 4.74 Å². The zero-order chi connectivity index (χ0) is 15.3. The van der Waals surface area contributed by atoms with Crippen molar-refractivity contribution in [1.29, 1.82) is 5.26 Å². The molecule has 0 atom stereocenters. The summed E-state index contributed by atoms with van der Waals surface area (Å²) in [5.74, 6) is -0.0811. The van der Waals surface area contributed by atoms with Crippen LogP contribution in [0.5, 0.6) is 0 Å². The first-order valence-electron chi connectivity index (χ1n) is 7.47. The van der Waals surface area contributed by atoms with E-state index in [1.165, 1.54) is 5.56 Å². The first-order valence-corrected chi connectivity index (χ1v) is 7.47. The van der Waals surface area contributed by atoms with Gasteiger partial charge in [-0.2, -0.15) is 5.26 Å². The quantitative estimate of drug-likeness (QED) is 0.930. The lowest BCUT2D eigenvalue weighted by Gasteiger charge is -2.31. The molecular formula is C18H26N2O2. The molecule has 0 aromatic heterocycles. The minimum Gasteiger partial charge on any atom is -0.381 e. The Balaban J connectivity index is 0.00000242. The van der Waals surface area contributed by atoms with Gasteiger partial charge in [-0.15, -0.1) is 0 Å². The second kappa shape index (κ2) is 7.95. The van der Waals surface area contributed by atoms with Gasteiger partial charge < -0.3 is 10.1 Å². The van der Waals surface area contributed by atoms with Crippen LogP contribution in [0.2, 0.25) is 0 Å². The Hall–Kier alpha value is -1.86. The molecule has 0 radical (unpaired) electrons. The van der Waals surface area contributed by atoms with E-state index in [-0.39, 0.29) is 13.3 Å². The lowest BCUT2D eigenvalue weighted by Crippen LogP contribution is -2.51. The number of benzene rings is 1. The van der Waals surface area contributed by atoms with Crippen molar-refractivity contribution in [1.82, 2.24) is 5.32 Å². The number of nitriles is 1. The number of carbonyl (C=O) groups is 1. The van der Waals surface area contributed by atoms with Gasteiger partial charge in [0.05, 0.1) is 12.5 Å². The van der Waals surface area contributed by atoms with Crippen molar-refractivity contribution in [2.75, 3.05) is 13.2 Å². The summed E-state index contributed by atoms with van der Waals surface area (Å²) in [6.07, 6.45) is 2.36. The molecule has 1 aromatic rings. The lowest BCUT2D eigenvalue weighted by atomic mass is 9.90. The fraction of sp³-hybridized carbons (Fsp3) is 0.556. The van der Waals surface area contributed by atoms with Crippen molar-refractivity contribution in [2.45, 2.75) is 52.5 Å². The summed E-state index contributed by atoms with van der Waals surface area (Å²) in [7, 11) is 0. The van der Waals surface area contributed by atoms with Crippen LogP contribution in [-0.4, -0.2) is 24.7 Å². The topological polar surface area (TPSA) is 62.1 Å².